The van der Waals surface area contributed by atoms with Crippen LogP contribution in [-0.4, -0.2) is 61.1 Å². The molecule has 0 radical (unpaired) electrons. The molecule has 0 unspecified atom stereocenters. The number of piperazine rings is 1. The van der Waals surface area contributed by atoms with E-state index in [1.165, 1.54) is 0 Å². The van der Waals surface area contributed by atoms with Gasteiger partial charge in [0.1, 0.15) is 5.75 Å². The number of ether oxygens (including phenoxy) is 1. The lowest BCUT2D eigenvalue weighted by atomic mass is 10.1. The molecule has 1 saturated heterocycles. The molecule has 1 fully saturated rings. The molecule has 2 rings (SSSR count). The first kappa shape index (κ1) is 18.1. The van der Waals surface area contributed by atoms with Crippen LogP contribution in [0.1, 0.15) is 25.8 Å². The van der Waals surface area contributed by atoms with Crippen molar-refractivity contribution >= 4 is 11.9 Å². The summed E-state index contributed by atoms with van der Waals surface area (Å²) < 4.78 is 5.41. The monoisotopic (exact) mass is 333 g/mol. The Kier molecular flexibility index (Phi) is 6.90. The molecule has 0 aromatic heterocycles. The molecule has 1 N–H and O–H groups in total. The van der Waals surface area contributed by atoms with Gasteiger partial charge in [0.15, 0.2) is 0 Å². The zero-order valence-electron chi connectivity index (χ0n) is 14.6. The fourth-order valence-corrected chi connectivity index (χ4v) is 2.66. The molecule has 1 aliphatic heterocycles. The quantitative estimate of drug-likeness (QED) is 0.865. The van der Waals surface area contributed by atoms with Crippen molar-refractivity contribution in [1.29, 1.82) is 0 Å². The predicted molar refractivity (Wildman–Crippen MR) is 93.2 cm³/mol. The van der Waals surface area contributed by atoms with Gasteiger partial charge in [-0.25, -0.2) is 4.79 Å². The number of rotatable bonds is 6. The molecule has 0 saturated carbocycles. The number of amides is 3. The fourth-order valence-electron chi connectivity index (χ4n) is 2.66. The third-order valence-electron chi connectivity index (χ3n) is 4.04. The minimum atomic E-state index is -0.0320. The maximum absolute atomic E-state index is 12.4. The summed E-state index contributed by atoms with van der Waals surface area (Å²) >= 11 is 0. The zero-order valence-corrected chi connectivity index (χ0v) is 14.6. The molecule has 0 bridgehead atoms. The van der Waals surface area contributed by atoms with Crippen LogP contribution in [0.25, 0.3) is 0 Å². The Balaban J connectivity index is 1.79. The number of hydrogen-bond donors (Lipinski definition) is 1. The summed E-state index contributed by atoms with van der Waals surface area (Å²) in [5, 5.41) is 2.87. The Morgan fingerprint density at radius 3 is 2.25 bits per heavy atom. The van der Waals surface area contributed by atoms with Crippen molar-refractivity contribution in [2.75, 3.05) is 39.3 Å². The van der Waals surface area contributed by atoms with Gasteiger partial charge in [0, 0.05) is 32.7 Å². The number of hydrogen-bond acceptors (Lipinski definition) is 3. The van der Waals surface area contributed by atoms with Crippen molar-refractivity contribution in [3.8, 4) is 5.75 Å². The van der Waals surface area contributed by atoms with Crippen molar-refractivity contribution in [2.45, 2.75) is 26.7 Å². The van der Waals surface area contributed by atoms with Crippen molar-refractivity contribution in [3.63, 3.8) is 0 Å². The maximum atomic E-state index is 12.4. The smallest absolute Gasteiger partial charge is 0.317 e. The van der Waals surface area contributed by atoms with Gasteiger partial charge in [0.05, 0.1) is 13.0 Å². The topological polar surface area (TPSA) is 61.9 Å². The summed E-state index contributed by atoms with van der Waals surface area (Å²) in [6.07, 6.45) is 1.31. The highest BCUT2D eigenvalue weighted by molar-refractivity contribution is 5.79. The minimum absolute atomic E-state index is 0.0320. The van der Waals surface area contributed by atoms with Gasteiger partial charge in [0.25, 0.3) is 0 Å². The van der Waals surface area contributed by atoms with E-state index in [0.717, 1.165) is 17.7 Å². The third-order valence-corrected chi connectivity index (χ3v) is 4.04. The van der Waals surface area contributed by atoms with E-state index in [-0.39, 0.29) is 11.9 Å². The molecular weight excluding hydrogens is 306 g/mol. The van der Waals surface area contributed by atoms with E-state index in [9.17, 15) is 9.59 Å². The lowest BCUT2D eigenvalue weighted by Gasteiger charge is -2.34. The van der Waals surface area contributed by atoms with Gasteiger partial charge in [-0.05, 0) is 31.0 Å². The maximum Gasteiger partial charge on any atom is 0.317 e. The number of nitrogens with zero attached hydrogens (tertiary/aromatic N) is 2. The first-order valence-electron chi connectivity index (χ1n) is 8.66. The SMILES string of the molecule is CCCNC(=O)N1CCN(C(=O)Cc2ccc(OCC)cc2)CC1. The van der Waals surface area contributed by atoms with Gasteiger partial charge in [-0.3, -0.25) is 4.79 Å². The van der Waals surface area contributed by atoms with Crippen LogP contribution < -0.4 is 10.1 Å². The predicted octanol–water partition coefficient (Wildman–Crippen LogP) is 1.89. The summed E-state index contributed by atoms with van der Waals surface area (Å²) in [6.45, 7) is 7.65. The second-order valence-electron chi connectivity index (χ2n) is 5.85. The number of urea groups is 1. The van der Waals surface area contributed by atoms with Crippen LogP contribution in [0.15, 0.2) is 24.3 Å². The largest absolute Gasteiger partial charge is 0.494 e. The lowest BCUT2D eigenvalue weighted by molar-refractivity contribution is -0.131. The van der Waals surface area contributed by atoms with Gasteiger partial charge in [-0.15, -0.1) is 0 Å². The van der Waals surface area contributed by atoms with E-state index in [0.29, 0.717) is 45.8 Å². The van der Waals surface area contributed by atoms with E-state index in [2.05, 4.69) is 5.32 Å². The molecular formula is C18H27N3O3. The molecule has 3 amide bonds. The number of carbonyl (C=O) groups is 2. The molecule has 1 aromatic rings. The van der Waals surface area contributed by atoms with Crippen LogP contribution in [-0.2, 0) is 11.2 Å². The van der Waals surface area contributed by atoms with Crippen molar-refractivity contribution in [2.24, 2.45) is 0 Å². The van der Waals surface area contributed by atoms with E-state index >= 15 is 0 Å². The Morgan fingerprint density at radius 2 is 1.67 bits per heavy atom. The number of carbonyl (C=O) groups excluding carboxylic acids is 2. The van der Waals surface area contributed by atoms with Gasteiger partial charge in [-0.1, -0.05) is 19.1 Å². The lowest BCUT2D eigenvalue weighted by Crippen LogP contribution is -2.53. The van der Waals surface area contributed by atoms with Crippen LogP contribution in [0, 0.1) is 0 Å². The van der Waals surface area contributed by atoms with Crippen LogP contribution in [0.3, 0.4) is 0 Å². The molecule has 0 aliphatic carbocycles. The molecule has 1 aliphatic rings. The molecule has 1 aromatic carbocycles. The van der Waals surface area contributed by atoms with Crippen LogP contribution in [0.4, 0.5) is 4.79 Å². The van der Waals surface area contributed by atoms with Crippen LogP contribution in [0.2, 0.25) is 0 Å². The highest BCUT2D eigenvalue weighted by Gasteiger charge is 2.23. The average molecular weight is 333 g/mol. The molecule has 24 heavy (non-hydrogen) atoms. The summed E-state index contributed by atoms with van der Waals surface area (Å²) in [6, 6.07) is 7.61. The average Bonchev–Trinajstić information content (AvgIpc) is 2.61. The van der Waals surface area contributed by atoms with E-state index < -0.39 is 0 Å². The normalized spacial score (nSPS) is 14.4. The minimum Gasteiger partial charge on any atom is -0.494 e. The van der Waals surface area contributed by atoms with Crippen molar-refractivity contribution in [3.05, 3.63) is 29.8 Å². The molecule has 6 nitrogen and oxygen atoms in total. The van der Waals surface area contributed by atoms with E-state index in [1.54, 1.807) is 4.90 Å². The standard InChI is InChI=1S/C18H27N3O3/c1-3-9-19-18(23)21-12-10-20(11-13-21)17(22)14-15-5-7-16(8-6-15)24-4-2/h5-8H,3-4,9-14H2,1-2H3,(H,19,23). The van der Waals surface area contributed by atoms with Crippen molar-refractivity contribution in [1.82, 2.24) is 15.1 Å². The summed E-state index contributed by atoms with van der Waals surface area (Å²) in [5.74, 6) is 0.924. The second-order valence-corrected chi connectivity index (χ2v) is 5.85. The Morgan fingerprint density at radius 1 is 1.04 bits per heavy atom. The zero-order chi connectivity index (χ0) is 17.4. The molecule has 6 heteroatoms. The molecule has 0 spiro atoms. The van der Waals surface area contributed by atoms with Gasteiger partial charge in [-0.2, -0.15) is 0 Å². The summed E-state index contributed by atoms with van der Waals surface area (Å²) in [7, 11) is 0. The van der Waals surface area contributed by atoms with Crippen LogP contribution >= 0.6 is 0 Å². The second kappa shape index (κ2) is 9.15. The Hall–Kier alpha value is -2.24. The summed E-state index contributed by atoms with van der Waals surface area (Å²) in [5.41, 5.74) is 0.978. The highest BCUT2D eigenvalue weighted by Crippen LogP contribution is 2.13. The van der Waals surface area contributed by atoms with Crippen LogP contribution in [0.5, 0.6) is 5.75 Å². The fraction of sp³-hybridized carbons (Fsp3) is 0.556. The van der Waals surface area contributed by atoms with E-state index in [4.69, 9.17) is 4.74 Å². The van der Waals surface area contributed by atoms with Gasteiger partial charge >= 0.3 is 6.03 Å². The molecule has 1 heterocycles. The van der Waals surface area contributed by atoms with Crippen molar-refractivity contribution < 1.29 is 14.3 Å². The van der Waals surface area contributed by atoms with E-state index in [1.807, 2.05) is 43.0 Å². The first-order valence-corrected chi connectivity index (χ1v) is 8.66. The molecule has 0 atom stereocenters. The Labute approximate surface area is 143 Å². The van der Waals surface area contributed by atoms with Gasteiger partial charge in [0.2, 0.25) is 5.91 Å². The summed E-state index contributed by atoms with van der Waals surface area (Å²) in [4.78, 5) is 27.9. The molecule has 132 valence electrons. The number of nitrogens with one attached hydrogen (secondary N) is 1. The highest BCUT2D eigenvalue weighted by atomic mass is 16.5. The Bertz CT molecular complexity index is 537. The number of benzene rings is 1. The third kappa shape index (κ3) is 5.15. The first-order chi connectivity index (χ1) is 11.6. The van der Waals surface area contributed by atoms with Gasteiger partial charge < -0.3 is 19.9 Å².